The van der Waals surface area contributed by atoms with Crippen molar-refractivity contribution in [1.82, 2.24) is 24.3 Å². The van der Waals surface area contributed by atoms with E-state index < -0.39 is 0 Å². The van der Waals surface area contributed by atoms with Crippen LogP contribution in [0.3, 0.4) is 0 Å². The Morgan fingerprint density at radius 1 is 0.966 bits per heavy atom. The van der Waals surface area contributed by atoms with Crippen LogP contribution in [0.1, 0.15) is 5.69 Å². The predicted octanol–water partition coefficient (Wildman–Crippen LogP) is 4.31. The number of methoxy groups -OCH3 is 2. The molecule has 0 atom stereocenters. The molecule has 8 heteroatoms. The molecule has 0 amide bonds. The zero-order valence-electron chi connectivity index (χ0n) is 16.5. The van der Waals surface area contributed by atoms with Gasteiger partial charge in [0.15, 0.2) is 11.6 Å². The Balaban J connectivity index is 1.74. The molecule has 7 nitrogen and oxygen atoms in total. The molecule has 0 saturated carbocycles. The number of hydrogen-bond donors (Lipinski definition) is 0. The highest BCUT2D eigenvalue weighted by molar-refractivity contribution is 6.32. The van der Waals surface area contributed by atoms with E-state index >= 15 is 0 Å². The van der Waals surface area contributed by atoms with Gasteiger partial charge in [0.2, 0.25) is 0 Å². The molecule has 2 aromatic heterocycles. The molecule has 0 aliphatic carbocycles. The van der Waals surface area contributed by atoms with Crippen LogP contribution in [0.25, 0.3) is 28.5 Å². The van der Waals surface area contributed by atoms with Crippen molar-refractivity contribution in [2.45, 2.75) is 6.92 Å². The molecule has 0 fully saturated rings. The zero-order valence-corrected chi connectivity index (χ0v) is 17.3. The number of halogens is 1. The normalized spacial score (nSPS) is 10.9. The first-order chi connectivity index (χ1) is 14.0. The number of rotatable bonds is 5. The van der Waals surface area contributed by atoms with Crippen LogP contribution >= 0.6 is 11.6 Å². The minimum Gasteiger partial charge on any atom is -0.495 e. The lowest BCUT2D eigenvalue weighted by molar-refractivity contribution is 0.413. The predicted molar refractivity (Wildman–Crippen MR) is 112 cm³/mol. The van der Waals surface area contributed by atoms with Gasteiger partial charge in [-0.1, -0.05) is 11.6 Å². The van der Waals surface area contributed by atoms with E-state index in [1.165, 1.54) is 0 Å². The monoisotopic (exact) mass is 409 g/mol. The largest absolute Gasteiger partial charge is 0.495 e. The summed E-state index contributed by atoms with van der Waals surface area (Å²) in [6.45, 7) is 1.95. The molecule has 0 saturated heterocycles. The Labute approximate surface area is 173 Å². The quantitative estimate of drug-likeness (QED) is 0.491. The van der Waals surface area contributed by atoms with Gasteiger partial charge in [0.05, 0.1) is 37.0 Å². The Hall–Kier alpha value is -3.32. The molecule has 0 bridgehead atoms. The summed E-state index contributed by atoms with van der Waals surface area (Å²) in [7, 11) is 5.09. The summed E-state index contributed by atoms with van der Waals surface area (Å²) in [5.41, 5.74) is 3.56. The number of hydrogen-bond acceptors (Lipinski definition) is 5. The third kappa shape index (κ3) is 3.56. The molecule has 2 aromatic carbocycles. The van der Waals surface area contributed by atoms with E-state index in [0.717, 1.165) is 34.1 Å². The van der Waals surface area contributed by atoms with Gasteiger partial charge in [-0.2, -0.15) is 5.10 Å². The third-order valence-corrected chi connectivity index (χ3v) is 4.91. The van der Waals surface area contributed by atoms with E-state index in [-0.39, 0.29) is 0 Å². The van der Waals surface area contributed by atoms with Crippen LogP contribution in [-0.2, 0) is 7.05 Å². The maximum atomic E-state index is 6.13. The Morgan fingerprint density at radius 2 is 1.69 bits per heavy atom. The Bertz CT molecular complexity index is 1180. The van der Waals surface area contributed by atoms with Crippen LogP contribution in [0.15, 0.2) is 48.9 Å². The van der Waals surface area contributed by atoms with Gasteiger partial charge < -0.3 is 14.0 Å². The van der Waals surface area contributed by atoms with Crippen molar-refractivity contribution in [2.75, 3.05) is 14.2 Å². The average molecular weight is 410 g/mol. The van der Waals surface area contributed by atoms with Crippen LogP contribution in [0.4, 0.5) is 0 Å². The highest BCUT2D eigenvalue weighted by Crippen LogP contribution is 2.32. The van der Waals surface area contributed by atoms with Crippen LogP contribution < -0.4 is 9.47 Å². The first kappa shape index (κ1) is 19.0. The molecule has 0 aliphatic rings. The summed E-state index contributed by atoms with van der Waals surface area (Å²) in [5, 5.41) is 5.10. The molecule has 148 valence electrons. The van der Waals surface area contributed by atoms with Crippen molar-refractivity contribution in [1.29, 1.82) is 0 Å². The molecule has 0 radical (unpaired) electrons. The van der Waals surface area contributed by atoms with E-state index in [0.29, 0.717) is 16.6 Å². The topological polar surface area (TPSA) is 67.0 Å². The number of nitrogens with zero attached hydrogens (tertiary/aromatic N) is 5. The van der Waals surface area contributed by atoms with Gasteiger partial charge in [-0.3, -0.25) is 0 Å². The summed E-state index contributed by atoms with van der Waals surface area (Å²) in [6.07, 6.45) is 3.72. The number of aromatic nitrogens is 5. The van der Waals surface area contributed by atoms with E-state index in [9.17, 15) is 0 Å². The van der Waals surface area contributed by atoms with Gasteiger partial charge in [0.25, 0.3) is 0 Å². The molecule has 2 heterocycles. The van der Waals surface area contributed by atoms with Gasteiger partial charge in [-0.25, -0.2) is 14.6 Å². The maximum Gasteiger partial charge on any atom is 0.181 e. The fourth-order valence-corrected chi connectivity index (χ4v) is 3.33. The first-order valence-corrected chi connectivity index (χ1v) is 9.32. The van der Waals surface area contributed by atoms with Crippen molar-refractivity contribution in [2.24, 2.45) is 7.05 Å². The van der Waals surface area contributed by atoms with Crippen LogP contribution in [-0.4, -0.2) is 38.5 Å². The van der Waals surface area contributed by atoms with E-state index in [4.69, 9.17) is 26.1 Å². The molecule has 4 rings (SSSR count). The standard InChI is InChI=1S/C21H20ClN5O2/c1-13-11-27(12-23-13)17-8-6-15(10-19(17)29-4)21-24-20(25-26(21)2)14-5-7-16(22)18(9-14)28-3/h5-12H,1-4H3. The van der Waals surface area contributed by atoms with Gasteiger partial charge >= 0.3 is 0 Å². The fraction of sp³-hybridized carbons (Fsp3) is 0.190. The minimum absolute atomic E-state index is 0.544. The Morgan fingerprint density at radius 3 is 2.38 bits per heavy atom. The van der Waals surface area contributed by atoms with Gasteiger partial charge in [-0.15, -0.1) is 0 Å². The molecular weight excluding hydrogens is 390 g/mol. The highest BCUT2D eigenvalue weighted by atomic mass is 35.5. The minimum atomic E-state index is 0.544. The lowest BCUT2D eigenvalue weighted by atomic mass is 10.1. The van der Waals surface area contributed by atoms with Crippen LogP contribution in [0, 0.1) is 6.92 Å². The lowest BCUT2D eigenvalue weighted by Crippen LogP contribution is -1.98. The first-order valence-electron chi connectivity index (χ1n) is 8.94. The zero-order chi connectivity index (χ0) is 20.5. The summed E-state index contributed by atoms with van der Waals surface area (Å²) in [5.74, 6) is 2.61. The summed E-state index contributed by atoms with van der Waals surface area (Å²) < 4.78 is 14.6. The molecular formula is C21H20ClN5O2. The van der Waals surface area contributed by atoms with Crippen molar-refractivity contribution in [3.63, 3.8) is 0 Å². The van der Waals surface area contributed by atoms with E-state index in [1.807, 2.05) is 55.1 Å². The number of aryl methyl sites for hydroxylation is 2. The molecule has 29 heavy (non-hydrogen) atoms. The molecule has 0 unspecified atom stereocenters. The second-order valence-corrected chi connectivity index (χ2v) is 6.95. The molecule has 0 aliphatic heterocycles. The smallest absolute Gasteiger partial charge is 0.181 e. The molecule has 4 aromatic rings. The molecule has 0 spiro atoms. The van der Waals surface area contributed by atoms with Gasteiger partial charge in [-0.05, 0) is 43.3 Å². The Kier molecular flexibility index (Phi) is 4.98. The van der Waals surface area contributed by atoms with Crippen molar-refractivity contribution >= 4 is 11.6 Å². The second-order valence-electron chi connectivity index (χ2n) is 6.54. The fourth-order valence-electron chi connectivity index (χ4n) is 3.14. The van der Waals surface area contributed by atoms with Gasteiger partial charge in [0, 0.05) is 24.4 Å². The van der Waals surface area contributed by atoms with Gasteiger partial charge in [0.1, 0.15) is 11.5 Å². The molecule has 0 N–H and O–H groups in total. The highest BCUT2D eigenvalue weighted by Gasteiger charge is 2.15. The van der Waals surface area contributed by atoms with Crippen molar-refractivity contribution < 1.29 is 9.47 Å². The SMILES string of the molecule is COc1cc(-c2nc(-c3ccc(-n4cnc(C)c4)c(OC)c3)n(C)n2)ccc1Cl. The van der Waals surface area contributed by atoms with E-state index in [1.54, 1.807) is 31.3 Å². The number of benzene rings is 2. The summed E-state index contributed by atoms with van der Waals surface area (Å²) >= 11 is 6.13. The number of imidazole rings is 1. The van der Waals surface area contributed by atoms with Crippen LogP contribution in [0.5, 0.6) is 11.5 Å². The lowest BCUT2D eigenvalue weighted by Gasteiger charge is -2.11. The van der Waals surface area contributed by atoms with Crippen LogP contribution in [0.2, 0.25) is 5.02 Å². The third-order valence-electron chi connectivity index (χ3n) is 4.60. The van der Waals surface area contributed by atoms with Crippen molar-refractivity contribution in [3.05, 3.63) is 59.6 Å². The second kappa shape index (κ2) is 7.60. The van der Waals surface area contributed by atoms with E-state index in [2.05, 4.69) is 10.1 Å². The summed E-state index contributed by atoms with van der Waals surface area (Å²) in [4.78, 5) is 9.00. The number of ether oxygens (including phenoxy) is 2. The maximum absolute atomic E-state index is 6.13. The summed E-state index contributed by atoms with van der Waals surface area (Å²) in [6, 6.07) is 11.4. The average Bonchev–Trinajstić information content (AvgIpc) is 3.33. The van der Waals surface area contributed by atoms with Crippen molar-refractivity contribution in [3.8, 4) is 40.0 Å².